The summed E-state index contributed by atoms with van der Waals surface area (Å²) in [5, 5.41) is 0. The molecule has 1 unspecified atom stereocenters. The maximum absolute atomic E-state index is 11.4. The number of likely N-dealkylation sites (tertiary alicyclic amines) is 1. The van der Waals surface area contributed by atoms with Gasteiger partial charge in [0.05, 0.1) is 5.41 Å². The molecule has 1 aromatic carbocycles. The summed E-state index contributed by atoms with van der Waals surface area (Å²) in [6, 6.07) is 5.79. The summed E-state index contributed by atoms with van der Waals surface area (Å²) >= 11 is 3.51. The van der Waals surface area contributed by atoms with E-state index in [9.17, 15) is 4.79 Å². The third kappa shape index (κ3) is 2.52. The van der Waals surface area contributed by atoms with Crippen molar-refractivity contribution in [1.82, 2.24) is 4.90 Å². The third-order valence-electron chi connectivity index (χ3n) is 3.68. The Hall–Kier alpha value is -1.07. The first-order chi connectivity index (χ1) is 8.42. The normalized spacial score (nSPS) is 24.3. The van der Waals surface area contributed by atoms with E-state index in [1.54, 1.807) is 0 Å². The quantitative estimate of drug-likeness (QED) is 0.835. The number of amides is 1. The van der Waals surface area contributed by atoms with Gasteiger partial charge in [0.1, 0.15) is 0 Å². The number of hydrogen-bond acceptors (Lipinski definition) is 3. The zero-order valence-corrected chi connectivity index (χ0v) is 12.0. The van der Waals surface area contributed by atoms with Crippen LogP contribution in [0.5, 0.6) is 0 Å². The van der Waals surface area contributed by atoms with Crippen molar-refractivity contribution in [2.45, 2.75) is 19.9 Å². The summed E-state index contributed by atoms with van der Waals surface area (Å²) in [5.41, 5.74) is 12.9. The highest BCUT2D eigenvalue weighted by atomic mass is 79.9. The van der Waals surface area contributed by atoms with Gasteiger partial charge in [-0.05, 0) is 32.0 Å². The van der Waals surface area contributed by atoms with E-state index in [-0.39, 0.29) is 5.91 Å². The fourth-order valence-corrected chi connectivity index (χ4v) is 2.87. The molecule has 2 rings (SSSR count). The van der Waals surface area contributed by atoms with Gasteiger partial charge in [0, 0.05) is 28.8 Å². The number of carbonyl (C=O) groups excluding carboxylic acids is 1. The van der Waals surface area contributed by atoms with Gasteiger partial charge < -0.3 is 11.5 Å². The SMILES string of the molecule is CC1(C(N)=O)CCN(Cc2c(N)cccc2Br)C1. The predicted molar refractivity (Wildman–Crippen MR) is 75.7 cm³/mol. The molecule has 1 aliphatic rings. The fourth-order valence-electron chi connectivity index (χ4n) is 2.36. The number of rotatable bonds is 3. The summed E-state index contributed by atoms with van der Waals surface area (Å²) < 4.78 is 1.01. The Morgan fingerprint density at radius 2 is 2.28 bits per heavy atom. The van der Waals surface area contributed by atoms with E-state index in [0.717, 1.165) is 35.2 Å². The van der Waals surface area contributed by atoms with E-state index in [1.165, 1.54) is 0 Å². The Kier molecular flexibility index (Phi) is 3.64. The minimum absolute atomic E-state index is 0.218. The third-order valence-corrected chi connectivity index (χ3v) is 4.43. The largest absolute Gasteiger partial charge is 0.398 e. The van der Waals surface area contributed by atoms with E-state index < -0.39 is 5.41 Å². The Morgan fingerprint density at radius 3 is 2.83 bits per heavy atom. The van der Waals surface area contributed by atoms with Crippen LogP contribution in [0.25, 0.3) is 0 Å². The minimum Gasteiger partial charge on any atom is -0.398 e. The van der Waals surface area contributed by atoms with Crippen LogP contribution < -0.4 is 11.5 Å². The van der Waals surface area contributed by atoms with Gasteiger partial charge in [-0.15, -0.1) is 0 Å². The van der Waals surface area contributed by atoms with Gasteiger partial charge in [-0.2, -0.15) is 0 Å². The fraction of sp³-hybridized carbons (Fsp3) is 0.462. The molecular weight excluding hydrogens is 294 g/mol. The first kappa shape index (κ1) is 13.4. The molecule has 98 valence electrons. The molecule has 0 saturated carbocycles. The van der Waals surface area contributed by atoms with Gasteiger partial charge >= 0.3 is 0 Å². The number of carbonyl (C=O) groups is 1. The van der Waals surface area contributed by atoms with Gasteiger partial charge in [-0.1, -0.05) is 22.0 Å². The van der Waals surface area contributed by atoms with Crippen molar-refractivity contribution < 1.29 is 4.79 Å². The highest BCUT2D eigenvalue weighted by molar-refractivity contribution is 9.10. The molecule has 1 saturated heterocycles. The number of nitrogens with zero attached hydrogens (tertiary/aromatic N) is 1. The van der Waals surface area contributed by atoms with Crippen molar-refractivity contribution in [3.63, 3.8) is 0 Å². The van der Waals surface area contributed by atoms with Gasteiger partial charge in [0.25, 0.3) is 0 Å². The lowest BCUT2D eigenvalue weighted by atomic mass is 9.89. The van der Waals surface area contributed by atoms with E-state index in [4.69, 9.17) is 11.5 Å². The molecule has 1 fully saturated rings. The number of nitrogens with two attached hydrogens (primary N) is 2. The number of nitrogen functional groups attached to an aromatic ring is 1. The molecule has 0 spiro atoms. The van der Waals surface area contributed by atoms with E-state index >= 15 is 0 Å². The van der Waals surface area contributed by atoms with Crippen LogP contribution in [-0.2, 0) is 11.3 Å². The lowest BCUT2D eigenvalue weighted by Gasteiger charge is -2.22. The summed E-state index contributed by atoms with van der Waals surface area (Å²) in [6.45, 7) is 4.25. The lowest BCUT2D eigenvalue weighted by Crippen LogP contribution is -2.37. The first-order valence-electron chi connectivity index (χ1n) is 5.97. The molecule has 1 atom stereocenters. The van der Waals surface area contributed by atoms with Gasteiger partial charge in [0.2, 0.25) is 5.91 Å². The molecule has 18 heavy (non-hydrogen) atoms. The van der Waals surface area contributed by atoms with Crippen molar-refractivity contribution in [2.24, 2.45) is 11.1 Å². The standard InChI is InChI=1S/C13H18BrN3O/c1-13(12(16)18)5-6-17(8-13)7-9-10(14)3-2-4-11(9)15/h2-4H,5-8,15H2,1H3,(H2,16,18). The molecule has 0 radical (unpaired) electrons. The summed E-state index contributed by atoms with van der Waals surface area (Å²) in [4.78, 5) is 13.6. The van der Waals surface area contributed by atoms with Gasteiger partial charge in [-0.3, -0.25) is 9.69 Å². The predicted octanol–water partition coefficient (Wildman–Crippen LogP) is 1.73. The molecular formula is C13H18BrN3O. The maximum Gasteiger partial charge on any atom is 0.224 e. The summed E-state index contributed by atoms with van der Waals surface area (Å²) in [7, 11) is 0. The Labute approximate surface area is 115 Å². The molecule has 0 bridgehead atoms. The van der Waals surface area contributed by atoms with Crippen molar-refractivity contribution >= 4 is 27.5 Å². The van der Waals surface area contributed by atoms with Crippen molar-refractivity contribution in [1.29, 1.82) is 0 Å². The molecule has 0 aromatic heterocycles. The highest BCUT2D eigenvalue weighted by Crippen LogP contribution is 2.32. The second kappa shape index (κ2) is 4.90. The molecule has 4 nitrogen and oxygen atoms in total. The van der Waals surface area contributed by atoms with E-state index in [1.807, 2.05) is 25.1 Å². The average molecular weight is 312 g/mol. The lowest BCUT2D eigenvalue weighted by molar-refractivity contribution is -0.126. The van der Waals surface area contributed by atoms with Crippen LogP contribution in [0, 0.1) is 5.41 Å². The molecule has 1 aromatic rings. The van der Waals surface area contributed by atoms with Gasteiger partial charge in [0.15, 0.2) is 0 Å². The molecule has 5 heteroatoms. The number of anilines is 1. The Bertz CT molecular complexity index is 457. The Morgan fingerprint density at radius 1 is 1.56 bits per heavy atom. The van der Waals surface area contributed by atoms with Crippen molar-refractivity contribution in [3.05, 3.63) is 28.2 Å². The number of benzene rings is 1. The molecule has 4 N–H and O–H groups in total. The topological polar surface area (TPSA) is 72.4 Å². The second-order valence-electron chi connectivity index (χ2n) is 5.19. The zero-order valence-electron chi connectivity index (χ0n) is 10.4. The van der Waals surface area contributed by atoms with Crippen molar-refractivity contribution in [3.8, 4) is 0 Å². The molecule has 1 aliphatic heterocycles. The first-order valence-corrected chi connectivity index (χ1v) is 6.77. The van der Waals surface area contributed by atoms with Gasteiger partial charge in [-0.25, -0.2) is 0 Å². The molecule has 1 amide bonds. The maximum atomic E-state index is 11.4. The molecule has 1 heterocycles. The number of halogens is 1. The summed E-state index contributed by atoms with van der Waals surface area (Å²) in [6.07, 6.45) is 0.812. The average Bonchev–Trinajstić information content (AvgIpc) is 2.67. The van der Waals surface area contributed by atoms with Crippen LogP contribution in [0.1, 0.15) is 18.9 Å². The number of primary amides is 1. The Balaban J connectivity index is 2.11. The number of hydrogen-bond donors (Lipinski definition) is 2. The van der Waals surface area contributed by atoms with Crippen LogP contribution in [-0.4, -0.2) is 23.9 Å². The molecule has 0 aliphatic carbocycles. The van der Waals surface area contributed by atoms with Crippen molar-refractivity contribution in [2.75, 3.05) is 18.8 Å². The summed E-state index contributed by atoms with van der Waals surface area (Å²) in [5.74, 6) is -0.218. The van der Waals surface area contributed by atoms with Crippen LogP contribution >= 0.6 is 15.9 Å². The second-order valence-corrected chi connectivity index (χ2v) is 6.05. The van der Waals surface area contributed by atoms with Crippen LogP contribution in [0.3, 0.4) is 0 Å². The van der Waals surface area contributed by atoms with E-state index in [0.29, 0.717) is 6.54 Å². The van der Waals surface area contributed by atoms with Crippen LogP contribution in [0.4, 0.5) is 5.69 Å². The zero-order chi connectivity index (χ0) is 13.3. The van der Waals surface area contributed by atoms with E-state index in [2.05, 4.69) is 20.8 Å². The minimum atomic E-state index is -0.407. The van der Waals surface area contributed by atoms with Crippen LogP contribution in [0.15, 0.2) is 22.7 Å². The van der Waals surface area contributed by atoms with Crippen LogP contribution in [0.2, 0.25) is 0 Å². The smallest absolute Gasteiger partial charge is 0.224 e. The monoisotopic (exact) mass is 311 g/mol. The highest BCUT2D eigenvalue weighted by Gasteiger charge is 2.38.